The number of fused-ring (bicyclic) bond motifs is 1. The number of anilines is 1. The van der Waals surface area contributed by atoms with Gasteiger partial charge in [-0.15, -0.1) is 5.10 Å². The number of hydrogen-bond acceptors (Lipinski definition) is 6. The first-order chi connectivity index (χ1) is 14.6. The molecule has 0 unspecified atom stereocenters. The third kappa shape index (κ3) is 4.00. The van der Waals surface area contributed by atoms with Crippen LogP contribution in [0, 0.1) is 0 Å². The van der Waals surface area contributed by atoms with Gasteiger partial charge in [-0.2, -0.15) is 0 Å². The van der Waals surface area contributed by atoms with Gasteiger partial charge in [0, 0.05) is 12.1 Å². The highest BCUT2D eigenvalue weighted by Crippen LogP contribution is 2.29. The van der Waals surface area contributed by atoms with Crippen LogP contribution in [0.5, 0.6) is 0 Å². The van der Waals surface area contributed by atoms with Gasteiger partial charge >= 0.3 is 5.69 Å². The Morgan fingerprint density at radius 1 is 1.10 bits per heavy atom. The predicted molar refractivity (Wildman–Crippen MR) is 119 cm³/mol. The van der Waals surface area contributed by atoms with E-state index in [1.54, 1.807) is 0 Å². The van der Waals surface area contributed by atoms with Crippen molar-refractivity contribution in [3.63, 3.8) is 0 Å². The van der Waals surface area contributed by atoms with Crippen molar-refractivity contribution in [2.45, 2.75) is 19.1 Å². The van der Waals surface area contributed by atoms with Gasteiger partial charge in [-0.05, 0) is 21.5 Å². The highest BCUT2D eigenvalue weighted by Gasteiger charge is 2.20. The van der Waals surface area contributed by atoms with E-state index in [1.165, 1.54) is 9.08 Å². The SMILES string of the molecule is Nc1nc(-c2ccccc2)c(Br)c2nn(C[C@@H](CO)NCc3ccccc3)c(=O)n12. The molecule has 8 nitrogen and oxygen atoms in total. The van der Waals surface area contributed by atoms with Crippen LogP contribution in [0.15, 0.2) is 69.9 Å². The Morgan fingerprint density at radius 3 is 2.43 bits per heavy atom. The van der Waals surface area contributed by atoms with Crippen LogP contribution in [0.25, 0.3) is 16.9 Å². The van der Waals surface area contributed by atoms with E-state index < -0.39 is 5.69 Å². The van der Waals surface area contributed by atoms with E-state index in [0.29, 0.717) is 22.4 Å². The molecule has 0 aliphatic rings. The van der Waals surface area contributed by atoms with Crippen molar-refractivity contribution in [1.82, 2.24) is 24.5 Å². The van der Waals surface area contributed by atoms with Crippen LogP contribution in [0.1, 0.15) is 5.56 Å². The van der Waals surface area contributed by atoms with E-state index in [0.717, 1.165) is 11.1 Å². The molecule has 0 bridgehead atoms. The molecule has 4 N–H and O–H groups in total. The van der Waals surface area contributed by atoms with Gasteiger partial charge in [0.2, 0.25) is 5.95 Å². The lowest BCUT2D eigenvalue weighted by atomic mass is 10.1. The fourth-order valence-electron chi connectivity index (χ4n) is 3.24. The van der Waals surface area contributed by atoms with Gasteiger partial charge in [0.05, 0.1) is 29.4 Å². The molecule has 0 radical (unpaired) electrons. The number of aliphatic hydroxyl groups is 1. The predicted octanol–water partition coefficient (Wildman–Crippen LogP) is 2.05. The Morgan fingerprint density at radius 2 is 1.77 bits per heavy atom. The molecule has 0 aliphatic carbocycles. The third-order valence-corrected chi connectivity index (χ3v) is 5.53. The minimum Gasteiger partial charge on any atom is -0.395 e. The number of benzene rings is 2. The van der Waals surface area contributed by atoms with Crippen LogP contribution >= 0.6 is 15.9 Å². The van der Waals surface area contributed by atoms with Crippen LogP contribution in [0.4, 0.5) is 5.95 Å². The molecule has 4 rings (SSSR count). The fraction of sp³-hybridized carbons (Fsp3) is 0.190. The first-order valence-electron chi connectivity index (χ1n) is 9.46. The molecule has 0 amide bonds. The lowest BCUT2D eigenvalue weighted by molar-refractivity contribution is 0.223. The summed E-state index contributed by atoms with van der Waals surface area (Å²) in [6.45, 7) is 0.618. The summed E-state index contributed by atoms with van der Waals surface area (Å²) >= 11 is 3.53. The maximum atomic E-state index is 12.9. The quantitative estimate of drug-likeness (QED) is 0.382. The number of hydrogen-bond donors (Lipinski definition) is 3. The molecule has 4 aromatic rings. The molecule has 0 aliphatic heterocycles. The standard InChI is InChI=1S/C21H21BrN6O2/c22-17-18(15-9-5-2-6-10-15)25-20(23)28-19(17)26-27(21(28)30)12-16(13-29)24-11-14-7-3-1-4-8-14/h1-10,16,24,29H,11-13H2,(H2,23,25)/t16-/m0/s1. The number of nitrogens with zero attached hydrogens (tertiary/aromatic N) is 4. The van der Waals surface area contributed by atoms with Crippen molar-refractivity contribution in [1.29, 1.82) is 0 Å². The molecule has 2 aromatic carbocycles. The Hall–Kier alpha value is -3.01. The van der Waals surface area contributed by atoms with Crippen LogP contribution < -0.4 is 16.7 Å². The molecule has 0 fully saturated rings. The van der Waals surface area contributed by atoms with Gasteiger partial charge in [-0.3, -0.25) is 0 Å². The second kappa shape index (κ2) is 8.78. The van der Waals surface area contributed by atoms with Crippen LogP contribution in [-0.2, 0) is 13.1 Å². The zero-order chi connectivity index (χ0) is 21.1. The first kappa shape index (κ1) is 20.3. The molecule has 154 valence electrons. The average molecular weight is 469 g/mol. The summed E-state index contributed by atoms with van der Waals surface area (Å²) in [5, 5.41) is 17.5. The normalized spacial score (nSPS) is 12.3. The van der Waals surface area contributed by atoms with E-state index in [-0.39, 0.29) is 25.1 Å². The van der Waals surface area contributed by atoms with Gasteiger partial charge in [-0.25, -0.2) is 18.9 Å². The van der Waals surface area contributed by atoms with Crippen molar-refractivity contribution < 1.29 is 5.11 Å². The summed E-state index contributed by atoms with van der Waals surface area (Å²) in [4.78, 5) is 17.3. The third-order valence-electron chi connectivity index (χ3n) is 4.80. The smallest absolute Gasteiger partial charge is 0.353 e. The van der Waals surface area contributed by atoms with Crippen molar-refractivity contribution >= 4 is 27.5 Å². The Kier molecular flexibility index (Phi) is 5.93. The van der Waals surface area contributed by atoms with Crippen LogP contribution in [-0.4, -0.2) is 36.9 Å². The summed E-state index contributed by atoms with van der Waals surface area (Å²) in [6, 6.07) is 19.0. The van der Waals surface area contributed by atoms with Gasteiger partial charge < -0.3 is 16.2 Å². The topological polar surface area (TPSA) is 110 Å². The molecule has 30 heavy (non-hydrogen) atoms. The van der Waals surface area contributed by atoms with E-state index >= 15 is 0 Å². The summed E-state index contributed by atoms with van der Waals surface area (Å²) < 4.78 is 3.14. The molecule has 2 heterocycles. The number of nitrogens with two attached hydrogens (primary N) is 1. The number of aliphatic hydroxyl groups excluding tert-OH is 1. The van der Waals surface area contributed by atoms with Crippen molar-refractivity contribution in [2.24, 2.45) is 0 Å². The maximum absolute atomic E-state index is 12.9. The molecule has 0 spiro atoms. The van der Waals surface area contributed by atoms with Gasteiger partial charge in [0.15, 0.2) is 5.65 Å². The second-order valence-electron chi connectivity index (χ2n) is 6.87. The van der Waals surface area contributed by atoms with E-state index in [1.807, 2.05) is 60.7 Å². The maximum Gasteiger partial charge on any atom is 0.353 e. The number of halogens is 1. The molecule has 0 saturated carbocycles. The Balaban J connectivity index is 1.64. The molecule has 0 saturated heterocycles. The highest BCUT2D eigenvalue weighted by atomic mass is 79.9. The summed E-state index contributed by atoms with van der Waals surface area (Å²) in [5.41, 5.74) is 8.62. The Labute approximate surface area is 181 Å². The van der Waals surface area contributed by atoms with E-state index in [2.05, 4.69) is 31.3 Å². The zero-order valence-corrected chi connectivity index (χ0v) is 17.7. The van der Waals surface area contributed by atoms with Crippen molar-refractivity contribution in [3.8, 4) is 11.3 Å². The second-order valence-corrected chi connectivity index (χ2v) is 7.66. The van der Waals surface area contributed by atoms with Crippen LogP contribution in [0.3, 0.4) is 0 Å². The minimum atomic E-state index is -0.407. The molecule has 9 heteroatoms. The largest absolute Gasteiger partial charge is 0.395 e. The monoisotopic (exact) mass is 468 g/mol. The van der Waals surface area contributed by atoms with Gasteiger partial charge in [-0.1, -0.05) is 60.7 Å². The van der Waals surface area contributed by atoms with Crippen molar-refractivity contribution in [2.75, 3.05) is 12.3 Å². The average Bonchev–Trinajstić information content (AvgIpc) is 3.11. The zero-order valence-electron chi connectivity index (χ0n) is 16.1. The highest BCUT2D eigenvalue weighted by molar-refractivity contribution is 9.10. The lowest BCUT2D eigenvalue weighted by Crippen LogP contribution is -2.39. The van der Waals surface area contributed by atoms with E-state index in [9.17, 15) is 9.90 Å². The molecular formula is C21H21BrN6O2. The summed E-state index contributed by atoms with van der Waals surface area (Å²) in [6.07, 6.45) is 0. The summed E-state index contributed by atoms with van der Waals surface area (Å²) in [7, 11) is 0. The van der Waals surface area contributed by atoms with Gasteiger partial charge in [0.1, 0.15) is 0 Å². The van der Waals surface area contributed by atoms with Gasteiger partial charge in [0.25, 0.3) is 0 Å². The minimum absolute atomic E-state index is 0.0566. The number of aromatic nitrogens is 4. The fourth-order valence-corrected chi connectivity index (χ4v) is 3.81. The first-order valence-corrected chi connectivity index (χ1v) is 10.3. The number of rotatable bonds is 7. The lowest BCUT2D eigenvalue weighted by Gasteiger charge is -2.15. The molecule has 1 atom stereocenters. The number of nitrogen functional groups attached to an aromatic ring is 1. The van der Waals surface area contributed by atoms with Crippen LogP contribution in [0.2, 0.25) is 0 Å². The van der Waals surface area contributed by atoms with Crippen molar-refractivity contribution in [3.05, 3.63) is 81.2 Å². The Bertz CT molecular complexity index is 1210. The summed E-state index contributed by atoms with van der Waals surface area (Å²) in [5.74, 6) is 0.0566. The molecular weight excluding hydrogens is 448 g/mol. The van der Waals surface area contributed by atoms with E-state index in [4.69, 9.17) is 5.73 Å². The number of nitrogens with one attached hydrogen (secondary N) is 1. The molecule has 2 aromatic heterocycles.